The van der Waals surface area contributed by atoms with Crippen LogP contribution < -0.4 is 10.6 Å². The molecule has 3 heterocycles. The van der Waals surface area contributed by atoms with Crippen molar-refractivity contribution in [3.8, 4) is 11.5 Å². The van der Waals surface area contributed by atoms with Gasteiger partial charge in [0.25, 0.3) is 5.91 Å². The number of nitrogens with one attached hydrogen (secondary N) is 2. The zero-order valence-corrected chi connectivity index (χ0v) is 18.2. The molecule has 2 amide bonds. The molecular weight excluding hydrogens is 438 g/mol. The van der Waals surface area contributed by atoms with E-state index in [2.05, 4.69) is 26.0 Å². The number of benzene rings is 1. The van der Waals surface area contributed by atoms with Gasteiger partial charge in [-0.25, -0.2) is 0 Å². The van der Waals surface area contributed by atoms with Crippen molar-refractivity contribution < 1.29 is 18.5 Å². The fourth-order valence-corrected chi connectivity index (χ4v) is 4.14. The molecule has 0 atom stereocenters. The van der Waals surface area contributed by atoms with E-state index in [0.29, 0.717) is 21.0 Å². The van der Waals surface area contributed by atoms with Crippen LogP contribution in [-0.2, 0) is 4.79 Å². The third-order valence-corrected chi connectivity index (χ3v) is 6.31. The Morgan fingerprint density at radius 2 is 1.97 bits per heavy atom. The quantitative estimate of drug-likeness (QED) is 0.311. The molecule has 3 aromatic heterocycles. The van der Waals surface area contributed by atoms with E-state index < -0.39 is 5.91 Å². The van der Waals surface area contributed by atoms with Crippen molar-refractivity contribution in [2.24, 2.45) is 0 Å². The number of aromatic nitrogens is 3. The molecule has 4 rings (SSSR count). The average molecular weight is 456 g/mol. The van der Waals surface area contributed by atoms with Crippen molar-refractivity contribution in [1.82, 2.24) is 15.4 Å². The first kappa shape index (κ1) is 20.8. The van der Waals surface area contributed by atoms with E-state index in [9.17, 15) is 9.59 Å². The number of amides is 2. The lowest BCUT2D eigenvalue weighted by atomic mass is 10.1. The van der Waals surface area contributed by atoms with Gasteiger partial charge in [-0.05, 0) is 43.2 Å². The van der Waals surface area contributed by atoms with Gasteiger partial charge in [-0.1, -0.05) is 40.4 Å². The van der Waals surface area contributed by atoms with Crippen molar-refractivity contribution in [2.45, 2.75) is 18.2 Å². The molecule has 0 saturated heterocycles. The number of rotatable bonds is 7. The van der Waals surface area contributed by atoms with Gasteiger partial charge in [-0.3, -0.25) is 14.9 Å². The third-order valence-electron chi connectivity index (χ3n) is 4.34. The van der Waals surface area contributed by atoms with Gasteiger partial charge in [0, 0.05) is 11.8 Å². The van der Waals surface area contributed by atoms with E-state index in [0.717, 1.165) is 16.8 Å². The normalized spacial score (nSPS) is 10.8. The standard InChI is InChI=1S/C20H17N5O4S2/c1-11-5-3-6-13(12(11)2)21-17(26)10-30-20-24-23-19(31-20)22-18(27)14-9-16(29-25-14)15-7-4-8-28-15/h3-9H,10H2,1-2H3,(H,21,26)(H,22,23,27). The lowest BCUT2D eigenvalue weighted by Gasteiger charge is -2.09. The average Bonchev–Trinajstić information content (AvgIpc) is 3.51. The van der Waals surface area contributed by atoms with E-state index in [1.807, 2.05) is 32.0 Å². The molecule has 158 valence electrons. The lowest BCUT2D eigenvalue weighted by Crippen LogP contribution is -2.15. The number of aryl methyl sites for hydroxylation is 1. The van der Waals surface area contributed by atoms with Gasteiger partial charge < -0.3 is 14.3 Å². The summed E-state index contributed by atoms with van der Waals surface area (Å²) in [6.45, 7) is 3.96. The second-order valence-corrected chi connectivity index (χ2v) is 8.67. The smallest absolute Gasteiger partial charge is 0.279 e. The first-order chi connectivity index (χ1) is 15.0. The van der Waals surface area contributed by atoms with Crippen LogP contribution in [0.1, 0.15) is 21.6 Å². The molecule has 0 fully saturated rings. The molecule has 0 aliphatic rings. The Labute approximate surface area is 185 Å². The molecule has 0 spiro atoms. The maximum atomic E-state index is 12.3. The van der Waals surface area contributed by atoms with Crippen LogP contribution >= 0.6 is 23.1 Å². The van der Waals surface area contributed by atoms with E-state index in [-0.39, 0.29) is 17.4 Å². The molecule has 4 aromatic rings. The third kappa shape index (κ3) is 5.01. The minimum atomic E-state index is -0.484. The summed E-state index contributed by atoms with van der Waals surface area (Å²) in [4.78, 5) is 24.6. The summed E-state index contributed by atoms with van der Waals surface area (Å²) >= 11 is 2.41. The van der Waals surface area contributed by atoms with Gasteiger partial charge in [-0.15, -0.1) is 10.2 Å². The maximum Gasteiger partial charge on any atom is 0.279 e. The number of carbonyl (C=O) groups is 2. The van der Waals surface area contributed by atoms with Gasteiger partial charge in [0.2, 0.25) is 16.8 Å². The maximum absolute atomic E-state index is 12.3. The number of hydrogen-bond acceptors (Lipinski definition) is 9. The zero-order valence-electron chi connectivity index (χ0n) is 16.5. The van der Waals surface area contributed by atoms with Crippen LogP contribution in [0.4, 0.5) is 10.8 Å². The minimum absolute atomic E-state index is 0.0868. The van der Waals surface area contributed by atoms with Gasteiger partial charge in [0.15, 0.2) is 15.8 Å². The molecule has 11 heteroatoms. The summed E-state index contributed by atoms with van der Waals surface area (Å²) in [5, 5.41) is 17.5. The highest BCUT2D eigenvalue weighted by Crippen LogP contribution is 2.27. The second kappa shape index (κ2) is 9.14. The van der Waals surface area contributed by atoms with Crippen molar-refractivity contribution >= 4 is 45.7 Å². The van der Waals surface area contributed by atoms with Crippen molar-refractivity contribution in [3.63, 3.8) is 0 Å². The highest BCUT2D eigenvalue weighted by molar-refractivity contribution is 8.01. The van der Waals surface area contributed by atoms with Crippen LogP contribution in [0.15, 0.2) is 55.9 Å². The Hall–Kier alpha value is -3.44. The SMILES string of the molecule is Cc1cccc(NC(=O)CSc2nnc(NC(=O)c3cc(-c4ccco4)on3)s2)c1C. The Kier molecular flexibility index (Phi) is 6.14. The number of anilines is 2. The van der Waals surface area contributed by atoms with Gasteiger partial charge in [-0.2, -0.15) is 0 Å². The predicted molar refractivity (Wildman–Crippen MR) is 117 cm³/mol. The molecule has 9 nitrogen and oxygen atoms in total. The molecule has 0 bridgehead atoms. The highest BCUT2D eigenvalue weighted by Gasteiger charge is 2.17. The summed E-state index contributed by atoms with van der Waals surface area (Å²) in [5.74, 6) is 0.361. The monoisotopic (exact) mass is 455 g/mol. The highest BCUT2D eigenvalue weighted by atomic mass is 32.2. The number of carbonyl (C=O) groups excluding carboxylic acids is 2. The molecule has 0 radical (unpaired) electrons. The van der Waals surface area contributed by atoms with Crippen LogP contribution in [0.2, 0.25) is 0 Å². The number of hydrogen-bond donors (Lipinski definition) is 2. The zero-order chi connectivity index (χ0) is 21.8. The molecule has 1 aromatic carbocycles. The van der Waals surface area contributed by atoms with E-state index in [4.69, 9.17) is 8.94 Å². The number of furan rings is 1. The van der Waals surface area contributed by atoms with Crippen LogP contribution in [0.25, 0.3) is 11.5 Å². The first-order valence-corrected chi connectivity index (χ1v) is 10.9. The molecule has 31 heavy (non-hydrogen) atoms. The van der Waals surface area contributed by atoms with Crippen LogP contribution in [-0.4, -0.2) is 32.9 Å². The second-order valence-electron chi connectivity index (χ2n) is 6.47. The Morgan fingerprint density at radius 1 is 1.10 bits per heavy atom. The first-order valence-electron chi connectivity index (χ1n) is 9.14. The fraction of sp³-hybridized carbons (Fsp3) is 0.150. The molecule has 0 unspecified atom stereocenters. The van der Waals surface area contributed by atoms with Crippen molar-refractivity contribution in [1.29, 1.82) is 0 Å². The van der Waals surface area contributed by atoms with Gasteiger partial charge >= 0.3 is 0 Å². The van der Waals surface area contributed by atoms with Gasteiger partial charge in [0.05, 0.1) is 12.0 Å². The molecule has 0 saturated carbocycles. The summed E-state index contributed by atoms with van der Waals surface area (Å²) in [6, 6.07) is 10.6. The predicted octanol–water partition coefficient (Wildman–Crippen LogP) is 4.39. The molecule has 0 aliphatic heterocycles. The Morgan fingerprint density at radius 3 is 2.77 bits per heavy atom. The largest absolute Gasteiger partial charge is 0.461 e. The Balaban J connectivity index is 1.30. The van der Waals surface area contributed by atoms with Gasteiger partial charge in [0.1, 0.15) is 0 Å². The summed E-state index contributed by atoms with van der Waals surface area (Å²) in [7, 11) is 0. The topological polar surface area (TPSA) is 123 Å². The summed E-state index contributed by atoms with van der Waals surface area (Å²) < 4.78 is 10.9. The van der Waals surface area contributed by atoms with Crippen LogP contribution in [0.5, 0.6) is 0 Å². The van der Waals surface area contributed by atoms with Crippen LogP contribution in [0, 0.1) is 13.8 Å². The molecule has 0 aliphatic carbocycles. The number of thioether (sulfide) groups is 1. The summed E-state index contributed by atoms with van der Waals surface area (Å²) in [6.07, 6.45) is 1.50. The Bertz CT molecular complexity index is 1220. The van der Waals surface area contributed by atoms with Crippen molar-refractivity contribution in [2.75, 3.05) is 16.4 Å². The van der Waals surface area contributed by atoms with Crippen molar-refractivity contribution in [3.05, 3.63) is 59.5 Å². The van der Waals surface area contributed by atoms with E-state index in [1.54, 1.807) is 12.1 Å². The number of nitrogens with zero attached hydrogens (tertiary/aromatic N) is 3. The lowest BCUT2D eigenvalue weighted by molar-refractivity contribution is -0.113. The summed E-state index contributed by atoms with van der Waals surface area (Å²) in [5.41, 5.74) is 3.02. The van der Waals surface area contributed by atoms with Crippen LogP contribution in [0.3, 0.4) is 0 Å². The molecule has 2 N–H and O–H groups in total. The van der Waals surface area contributed by atoms with E-state index >= 15 is 0 Å². The molecular formula is C20H17N5O4S2. The minimum Gasteiger partial charge on any atom is -0.461 e. The van der Waals surface area contributed by atoms with E-state index in [1.165, 1.54) is 35.4 Å². The fourth-order valence-electron chi connectivity index (χ4n) is 2.60.